The number of likely N-dealkylation sites (tertiary alicyclic amines) is 1. The predicted octanol–water partition coefficient (Wildman–Crippen LogP) is 1.97. The highest BCUT2D eigenvalue weighted by atomic mass is 16.3. The number of amides is 1. The monoisotopic (exact) mass is 316 g/mol. The quantitative estimate of drug-likeness (QED) is 0.771. The van der Waals surface area contributed by atoms with E-state index in [-0.39, 0.29) is 5.91 Å². The molecule has 1 atom stereocenters. The third kappa shape index (κ3) is 4.55. The minimum absolute atomic E-state index is 0.0832. The first-order valence-corrected chi connectivity index (χ1v) is 8.94. The zero-order valence-electron chi connectivity index (χ0n) is 13.8. The van der Waals surface area contributed by atoms with Crippen molar-refractivity contribution in [3.05, 3.63) is 35.9 Å². The van der Waals surface area contributed by atoms with Crippen molar-refractivity contribution >= 4 is 5.91 Å². The van der Waals surface area contributed by atoms with Crippen LogP contribution < -0.4 is 5.32 Å². The Balaban J connectivity index is 1.45. The molecule has 0 spiro atoms. The molecule has 2 fully saturated rings. The summed E-state index contributed by atoms with van der Waals surface area (Å²) in [6.45, 7) is 2.85. The van der Waals surface area contributed by atoms with Crippen LogP contribution in [0, 0.1) is 5.92 Å². The van der Waals surface area contributed by atoms with Gasteiger partial charge in [-0.25, -0.2) is 0 Å². The normalized spacial score (nSPS) is 24.9. The van der Waals surface area contributed by atoms with Crippen molar-refractivity contribution in [1.82, 2.24) is 10.2 Å². The van der Waals surface area contributed by atoms with E-state index in [0.717, 1.165) is 44.8 Å². The standard InChI is InChI=1S/C19H28N2O2/c22-18-19(23,15-20-14-17-9-10-17)11-5-13-21(18)12-4-8-16-6-2-1-3-7-16/h1-3,6-7,17,20,23H,4-5,8-15H2/t19-/m1/s1. The van der Waals surface area contributed by atoms with Gasteiger partial charge in [-0.1, -0.05) is 30.3 Å². The number of nitrogens with one attached hydrogen (secondary N) is 1. The maximum atomic E-state index is 12.6. The fourth-order valence-electron chi connectivity index (χ4n) is 3.37. The van der Waals surface area contributed by atoms with Crippen LogP contribution in [-0.4, -0.2) is 47.7 Å². The Morgan fingerprint density at radius 1 is 1.26 bits per heavy atom. The Morgan fingerprint density at radius 2 is 2.04 bits per heavy atom. The summed E-state index contributed by atoms with van der Waals surface area (Å²) in [6, 6.07) is 10.4. The number of rotatable bonds is 8. The maximum Gasteiger partial charge on any atom is 0.255 e. The Hall–Kier alpha value is -1.39. The number of aliphatic hydroxyl groups is 1. The van der Waals surface area contributed by atoms with Gasteiger partial charge in [-0.15, -0.1) is 0 Å². The Bertz CT molecular complexity index is 515. The van der Waals surface area contributed by atoms with Crippen molar-refractivity contribution in [2.75, 3.05) is 26.2 Å². The van der Waals surface area contributed by atoms with E-state index in [1.807, 2.05) is 23.1 Å². The summed E-state index contributed by atoms with van der Waals surface area (Å²) in [4.78, 5) is 14.5. The summed E-state index contributed by atoms with van der Waals surface area (Å²) in [7, 11) is 0. The lowest BCUT2D eigenvalue weighted by Gasteiger charge is -2.38. The molecular weight excluding hydrogens is 288 g/mol. The van der Waals surface area contributed by atoms with E-state index in [4.69, 9.17) is 0 Å². The molecule has 1 saturated carbocycles. The number of hydrogen-bond acceptors (Lipinski definition) is 3. The molecule has 1 amide bonds. The lowest BCUT2D eigenvalue weighted by atomic mass is 9.91. The smallest absolute Gasteiger partial charge is 0.255 e. The first-order chi connectivity index (χ1) is 11.2. The summed E-state index contributed by atoms with van der Waals surface area (Å²) >= 11 is 0. The molecule has 0 aromatic heterocycles. The second kappa shape index (κ2) is 7.45. The minimum Gasteiger partial charge on any atom is -0.379 e. The minimum atomic E-state index is -1.19. The number of aryl methyl sites for hydroxylation is 1. The number of nitrogens with zero attached hydrogens (tertiary/aromatic N) is 1. The van der Waals surface area contributed by atoms with Crippen LogP contribution in [0.15, 0.2) is 30.3 Å². The fraction of sp³-hybridized carbons (Fsp3) is 0.632. The number of carbonyl (C=O) groups excluding carboxylic acids is 1. The summed E-state index contributed by atoms with van der Waals surface area (Å²) in [5, 5.41) is 14.0. The molecule has 0 unspecified atom stereocenters. The van der Waals surface area contributed by atoms with Gasteiger partial charge in [0.2, 0.25) is 0 Å². The van der Waals surface area contributed by atoms with Crippen molar-refractivity contribution in [1.29, 1.82) is 0 Å². The Kier molecular flexibility index (Phi) is 5.34. The number of piperidine rings is 1. The predicted molar refractivity (Wildman–Crippen MR) is 91.1 cm³/mol. The van der Waals surface area contributed by atoms with Gasteiger partial charge in [0, 0.05) is 19.6 Å². The summed E-state index contributed by atoms with van der Waals surface area (Å²) in [6.07, 6.45) is 5.96. The molecule has 1 aromatic rings. The van der Waals surface area contributed by atoms with Crippen molar-refractivity contribution in [2.45, 2.75) is 44.1 Å². The topological polar surface area (TPSA) is 52.6 Å². The molecule has 1 aliphatic heterocycles. The van der Waals surface area contributed by atoms with Crippen LogP contribution in [0.5, 0.6) is 0 Å². The molecule has 2 aliphatic rings. The number of benzene rings is 1. The molecule has 4 nitrogen and oxygen atoms in total. The van der Waals surface area contributed by atoms with Crippen LogP contribution in [0.25, 0.3) is 0 Å². The second-order valence-corrected chi connectivity index (χ2v) is 7.09. The molecule has 126 valence electrons. The first-order valence-electron chi connectivity index (χ1n) is 8.94. The van der Waals surface area contributed by atoms with E-state index >= 15 is 0 Å². The third-order valence-corrected chi connectivity index (χ3v) is 4.99. The highest BCUT2D eigenvalue weighted by Crippen LogP contribution is 2.28. The molecule has 3 rings (SSSR count). The molecule has 0 bridgehead atoms. The molecule has 1 saturated heterocycles. The van der Waals surface area contributed by atoms with E-state index in [9.17, 15) is 9.90 Å². The SMILES string of the molecule is O=C1N(CCCc2ccccc2)CCC[C@@]1(O)CNCC1CC1. The summed E-state index contributed by atoms with van der Waals surface area (Å²) in [5.41, 5.74) is 0.109. The van der Waals surface area contributed by atoms with Gasteiger partial charge < -0.3 is 15.3 Å². The molecule has 2 N–H and O–H groups in total. The lowest BCUT2D eigenvalue weighted by Crippen LogP contribution is -2.58. The van der Waals surface area contributed by atoms with Crippen molar-refractivity contribution < 1.29 is 9.90 Å². The zero-order chi connectivity index (χ0) is 16.1. The second-order valence-electron chi connectivity index (χ2n) is 7.09. The van der Waals surface area contributed by atoms with E-state index in [2.05, 4.69) is 17.4 Å². The molecule has 0 radical (unpaired) electrons. The Labute approximate surface area is 138 Å². The van der Waals surface area contributed by atoms with Crippen molar-refractivity contribution in [3.63, 3.8) is 0 Å². The average molecular weight is 316 g/mol. The van der Waals surface area contributed by atoms with Gasteiger partial charge in [0.1, 0.15) is 0 Å². The van der Waals surface area contributed by atoms with Crippen LogP contribution in [0.4, 0.5) is 0 Å². The van der Waals surface area contributed by atoms with Gasteiger partial charge in [-0.3, -0.25) is 4.79 Å². The van der Waals surface area contributed by atoms with Crippen LogP contribution in [-0.2, 0) is 11.2 Å². The van der Waals surface area contributed by atoms with E-state index in [1.54, 1.807) is 0 Å². The van der Waals surface area contributed by atoms with Gasteiger partial charge in [0.15, 0.2) is 5.60 Å². The molecule has 1 heterocycles. The fourth-order valence-corrected chi connectivity index (χ4v) is 3.37. The molecule has 1 aromatic carbocycles. The van der Waals surface area contributed by atoms with Crippen LogP contribution in [0.1, 0.15) is 37.7 Å². The molecule has 1 aliphatic carbocycles. The van der Waals surface area contributed by atoms with Gasteiger partial charge in [-0.05, 0) is 56.6 Å². The van der Waals surface area contributed by atoms with Gasteiger partial charge in [-0.2, -0.15) is 0 Å². The molecule has 23 heavy (non-hydrogen) atoms. The van der Waals surface area contributed by atoms with Gasteiger partial charge in [0.05, 0.1) is 0 Å². The molecular formula is C19H28N2O2. The van der Waals surface area contributed by atoms with E-state index in [0.29, 0.717) is 13.0 Å². The highest BCUT2D eigenvalue weighted by molar-refractivity contribution is 5.86. The largest absolute Gasteiger partial charge is 0.379 e. The van der Waals surface area contributed by atoms with Gasteiger partial charge >= 0.3 is 0 Å². The van der Waals surface area contributed by atoms with Crippen LogP contribution in [0.2, 0.25) is 0 Å². The van der Waals surface area contributed by atoms with Crippen LogP contribution in [0.3, 0.4) is 0 Å². The number of carbonyl (C=O) groups is 1. The molecule has 4 heteroatoms. The van der Waals surface area contributed by atoms with Crippen molar-refractivity contribution in [3.8, 4) is 0 Å². The Morgan fingerprint density at radius 3 is 2.78 bits per heavy atom. The summed E-state index contributed by atoms with van der Waals surface area (Å²) in [5.74, 6) is 0.680. The van der Waals surface area contributed by atoms with Gasteiger partial charge in [0.25, 0.3) is 5.91 Å². The number of hydrogen-bond donors (Lipinski definition) is 2. The van der Waals surface area contributed by atoms with Crippen LogP contribution >= 0.6 is 0 Å². The maximum absolute atomic E-state index is 12.6. The zero-order valence-corrected chi connectivity index (χ0v) is 13.8. The summed E-state index contributed by atoms with van der Waals surface area (Å²) < 4.78 is 0. The van der Waals surface area contributed by atoms with E-state index in [1.165, 1.54) is 18.4 Å². The van der Waals surface area contributed by atoms with E-state index < -0.39 is 5.60 Å². The highest BCUT2D eigenvalue weighted by Gasteiger charge is 2.41. The average Bonchev–Trinajstić information content (AvgIpc) is 3.37. The lowest BCUT2D eigenvalue weighted by molar-refractivity contribution is -0.156. The van der Waals surface area contributed by atoms with Crippen molar-refractivity contribution in [2.24, 2.45) is 5.92 Å². The first kappa shape index (κ1) is 16.5. The third-order valence-electron chi connectivity index (χ3n) is 4.99.